The van der Waals surface area contributed by atoms with Crippen LogP contribution < -0.4 is 0 Å². The Morgan fingerprint density at radius 2 is 1.26 bits per heavy atom. The molecule has 0 saturated heterocycles. The Morgan fingerprint density at radius 3 is 1.52 bits per heavy atom. The van der Waals surface area contributed by atoms with Crippen molar-refractivity contribution in [3.05, 3.63) is 70.8 Å². The normalized spacial score (nSPS) is 11.5. The van der Waals surface area contributed by atoms with Gasteiger partial charge < -0.3 is 4.74 Å². The number of nitriles is 1. The molecule has 0 atom stereocenters. The van der Waals surface area contributed by atoms with Gasteiger partial charge in [0.05, 0.1) is 13.2 Å². The highest BCUT2D eigenvalue weighted by atomic mass is 16.5. The van der Waals surface area contributed by atoms with Crippen molar-refractivity contribution < 1.29 is 9.53 Å². The summed E-state index contributed by atoms with van der Waals surface area (Å²) in [5.74, 6) is 0.408. The minimum absolute atomic E-state index is 0.334. The van der Waals surface area contributed by atoms with Crippen molar-refractivity contribution >= 4 is 5.97 Å². The third-order valence-electron chi connectivity index (χ3n) is 5.09. The quantitative estimate of drug-likeness (QED) is 0.619. The maximum atomic E-state index is 12.6. The molecule has 142 valence electrons. The van der Waals surface area contributed by atoms with E-state index in [0.29, 0.717) is 24.7 Å². The molecule has 2 aromatic rings. The highest BCUT2D eigenvalue weighted by molar-refractivity contribution is 5.81. The molecule has 0 bridgehead atoms. The number of nitrogens with zero attached hydrogens (tertiary/aromatic N) is 1. The second kappa shape index (κ2) is 8.86. The molecule has 27 heavy (non-hydrogen) atoms. The van der Waals surface area contributed by atoms with Gasteiger partial charge in [0.1, 0.15) is 0 Å². The van der Waals surface area contributed by atoms with Gasteiger partial charge in [-0.1, -0.05) is 76.2 Å². The average Bonchev–Trinajstić information content (AvgIpc) is 2.67. The van der Waals surface area contributed by atoms with Crippen LogP contribution >= 0.6 is 0 Å². The van der Waals surface area contributed by atoms with E-state index in [9.17, 15) is 10.1 Å². The molecule has 2 aromatic carbocycles. The van der Waals surface area contributed by atoms with Crippen LogP contribution in [0.5, 0.6) is 0 Å². The van der Waals surface area contributed by atoms with E-state index in [1.54, 1.807) is 0 Å². The molecule has 0 fully saturated rings. The molecule has 2 rings (SSSR count). The van der Waals surface area contributed by atoms with Crippen LogP contribution in [0.2, 0.25) is 0 Å². The molecule has 3 nitrogen and oxygen atoms in total. The van der Waals surface area contributed by atoms with Crippen LogP contribution in [-0.2, 0) is 22.4 Å². The number of carbonyl (C=O) groups excluding carboxylic acids is 1. The van der Waals surface area contributed by atoms with Crippen molar-refractivity contribution in [2.24, 2.45) is 5.41 Å². The number of carbonyl (C=O) groups is 1. The van der Waals surface area contributed by atoms with Crippen molar-refractivity contribution in [3.8, 4) is 6.07 Å². The molecule has 0 aromatic heterocycles. The van der Waals surface area contributed by atoms with E-state index in [-0.39, 0.29) is 0 Å². The zero-order valence-corrected chi connectivity index (χ0v) is 17.0. The first-order valence-electron chi connectivity index (χ1n) is 9.48. The van der Waals surface area contributed by atoms with Gasteiger partial charge >= 0.3 is 5.97 Å². The van der Waals surface area contributed by atoms with Crippen molar-refractivity contribution in [1.29, 1.82) is 5.26 Å². The highest BCUT2D eigenvalue weighted by Gasteiger charge is 2.40. The topological polar surface area (TPSA) is 50.1 Å². The summed E-state index contributed by atoms with van der Waals surface area (Å²) in [7, 11) is 1.35. The number of methoxy groups -OCH3 is 1. The maximum Gasteiger partial charge on any atom is 0.326 e. The van der Waals surface area contributed by atoms with E-state index in [2.05, 4.69) is 58.0 Å². The largest absolute Gasteiger partial charge is 0.468 e. The summed E-state index contributed by atoms with van der Waals surface area (Å²) in [5.41, 5.74) is 3.18. The van der Waals surface area contributed by atoms with Gasteiger partial charge in [-0.3, -0.25) is 4.79 Å². The number of hydrogen-bond donors (Lipinski definition) is 0. The summed E-state index contributed by atoms with van der Waals surface area (Å²) in [6.07, 6.45) is 0.668. The fraction of sp³-hybridized carbons (Fsp3) is 0.417. The Kier molecular flexibility index (Phi) is 6.80. The first-order valence-corrected chi connectivity index (χ1v) is 9.48. The summed E-state index contributed by atoms with van der Waals surface area (Å²) < 4.78 is 5.01. The lowest BCUT2D eigenvalue weighted by Gasteiger charge is -2.24. The molecule has 0 heterocycles. The maximum absolute atomic E-state index is 12.6. The third-order valence-corrected chi connectivity index (χ3v) is 5.09. The lowest BCUT2D eigenvalue weighted by molar-refractivity contribution is -0.149. The van der Waals surface area contributed by atoms with Gasteiger partial charge in [0.15, 0.2) is 5.41 Å². The lowest BCUT2D eigenvalue weighted by Crippen LogP contribution is -2.35. The Hall–Kier alpha value is -2.60. The van der Waals surface area contributed by atoms with E-state index in [1.807, 2.05) is 24.3 Å². The molecule has 0 spiro atoms. The Labute approximate surface area is 163 Å². The Morgan fingerprint density at radius 1 is 0.889 bits per heavy atom. The molecule has 0 aliphatic heterocycles. The second-order valence-corrected chi connectivity index (χ2v) is 7.83. The molecule has 0 unspecified atom stereocenters. The van der Waals surface area contributed by atoms with Crippen LogP contribution in [0.4, 0.5) is 0 Å². The number of rotatable bonds is 7. The SMILES string of the molecule is COC(=O)C(C#N)(Cc1ccc(C(C)C)cc1)Cc1ccc(C(C)C)cc1. The van der Waals surface area contributed by atoms with Crippen molar-refractivity contribution in [1.82, 2.24) is 0 Å². The fourth-order valence-corrected chi connectivity index (χ4v) is 3.26. The van der Waals surface area contributed by atoms with Gasteiger partial charge in [0, 0.05) is 12.8 Å². The summed E-state index contributed by atoms with van der Waals surface area (Å²) in [4.78, 5) is 12.6. The monoisotopic (exact) mass is 363 g/mol. The zero-order valence-electron chi connectivity index (χ0n) is 17.0. The third kappa shape index (κ3) is 4.98. The van der Waals surface area contributed by atoms with E-state index < -0.39 is 11.4 Å². The van der Waals surface area contributed by atoms with Crippen LogP contribution in [0.3, 0.4) is 0 Å². The fourth-order valence-electron chi connectivity index (χ4n) is 3.26. The first kappa shape index (κ1) is 20.7. The smallest absolute Gasteiger partial charge is 0.326 e. The van der Waals surface area contributed by atoms with Crippen LogP contribution in [0, 0.1) is 16.7 Å². The minimum Gasteiger partial charge on any atom is -0.468 e. The van der Waals surface area contributed by atoms with E-state index in [1.165, 1.54) is 18.2 Å². The second-order valence-electron chi connectivity index (χ2n) is 7.83. The summed E-state index contributed by atoms with van der Waals surface area (Å²) >= 11 is 0. The van der Waals surface area contributed by atoms with Gasteiger partial charge in [0.25, 0.3) is 0 Å². The molecule has 3 heteroatoms. The van der Waals surface area contributed by atoms with Gasteiger partial charge in [-0.2, -0.15) is 5.26 Å². The molecular formula is C24H29NO2. The Balaban J connectivity index is 2.31. The molecule has 0 radical (unpaired) electrons. The van der Waals surface area contributed by atoms with Gasteiger partial charge in [-0.25, -0.2) is 0 Å². The molecular weight excluding hydrogens is 334 g/mol. The van der Waals surface area contributed by atoms with Crippen LogP contribution in [0.1, 0.15) is 61.8 Å². The van der Waals surface area contributed by atoms with Crippen molar-refractivity contribution in [2.75, 3.05) is 7.11 Å². The summed E-state index contributed by atoms with van der Waals surface area (Å²) in [5, 5.41) is 9.94. The lowest BCUT2D eigenvalue weighted by atomic mass is 9.77. The average molecular weight is 364 g/mol. The first-order chi connectivity index (χ1) is 12.8. The number of hydrogen-bond acceptors (Lipinski definition) is 3. The van der Waals surface area contributed by atoms with Gasteiger partial charge in [-0.05, 0) is 34.1 Å². The molecule has 0 N–H and O–H groups in total. The van der Waals surface area contributed by atoms with Crippen LogP contribution in [-0.4, -0.2) is 13.1 Å². The zero-order chi connectivity index (χ0) is 20.0. The van der Waals surface area contributed by atoms with Gasteiger partial charge in [-0.15, -0.1) is 0 Å². The predicted octanol–water partition coefficient (Wildman–Crippen LogP) is 5.40. The Bertz CT molecular complexity index is 742. The molecule has 0 saturated carbocycles. The minimum atomic E-state index is -1.23. The van der Waals surface area contributed by atoms with Gasteiger partial charge in [0.2, 0.25) is 0 Å². The summed E-state index contributed by atoms with van der Waals surface area (Å²) in [6.45, 7) is 8.57. The number of ether oxygens (including phenoxy) is 1. The number of esters is 1. The molecule has 0 amide bonds. The van der Waals surface area contributed by atoms with Crippen LogP contribution in [0.15, 0.2) is 48.5 Å². The highest BCUT2D eigenvalue weighted by Crippen LogP contribution is 2.30. The molecule has 0 aliphatic rings. The van der Waals surface area contributed by atoms with Crippen LogP contribution in [0.25, 0.3) is 0 Å². The van der Waals surface area contributed by atoms with E-state index in [0.717, 1.165) is 11.1 Å². The van der Waals surface area contributed by atoms with Crippen molar-refractivity contribution in [3.63, 3.8) is 0 Å². The van der Waals surface area contributed by atoms with E-state index >= 15 is 0 Å². The predicted molar refractivity (Wildman–Crippen MR) is 109 cm³/mol. The standard InChI is InChI=1S/C24H29NO2/c1-17(2)21-10-6-19(7-11-21)14-24(16-25,23(26)27-5)15-20-8-12-22(13-9-20)18(3)4/h6-13,17-18H,14-15H2,1-5H3. The van der Waals surface area contributed by atoms with Crippen molar-refractivity contribution in [2.45, 2.75) is 52.4 Å². The van der Waals surface area contributed by atoms with E-state index in [4.69, 9.17) is 4.74 Å². The molecule has 0 aliphatic carbocycles. The summed E-state index contributed by atoms with van der Waals surface area (Å²) in [6, 6.07) is 18.6. The number of benzene rings is 2.